The van der Waals surface area contributed by atoms with Gasteiger partial charge in [0.1, 0.15) is 5.75 Å². The summed E-state index contributed by atoms with van der Waals surface area (Å²) in [6.07, 6.45) is -0.531. The normalized spacial score (nSPS) is 14.1. The largest absolute Gasteiger partial charge is 0.497 e. The van der Waals surface area contributed by atoms with Gasteiger partial charge in [-0.05, 0) is 47.0 Å². The minimum atomic E-state index is -0.531. The Bertz CT molecular complexity index is 499. The smallest absolute Gasteiger partial charge is 0.119 e. The molecule has 1 heterocycles. The molecule has 1 aromatic carbocycles. The molecule has 2 aromatic rings. The summed E-state index contributed by atoms with van der Waals surface area (Å²) in [5.74, 6) is 0.766. The second-order valence-electron chi connectivity index (χ2n) is 4.48. The van der Waals surface area contributed by atoms with Crippen LogP contribution in [0.4, 0.5) is 0 Å². The molecule has 2 unspecified atom stereocenters. The SMILES string of the molecule is COc1cccc(C(O)CNC(C)c2ccsc2)c1. The topological polar surface area (TPSA) is 41.5 Å². The maximum Gasteiger partial charge on any atom is 0.119 e. The van der Waals surface area contributed by atoms with Crippen molar-refractivity contribution in [2.75, 3.05) is 13.7 Å². The van der Waals surface area contributed by atoms with E-state index in [1.54, 1.807) is 18.4 Å². The molecule has 2 rings (SSSR count). The zero-order valence-electron chi connectivity index (χ0n) is 11.2. The van der Waals surface area contributed by atoms with E-state index >= 15 is 0 Å². The molecule has 0 aliphatic heterocycles. The average Bonchev–Trinajstić information content (AvgIpc) is 2.98. The lowest BCUT2D eigenvalue weighted by Crippen LogP contribution is -2.24. The molecule has 0 aliphatic rings. The lowest BCUT2D eigenvalue weighted by molar-refractivity contribution is 0.170. The van der Waals surface area contributed by atoms with Crippen LogP contribution in [0.5, 0.6) is 5.75 Å². The minimum absolute atomic E-state index is 0.242. The highest BCUT2D eigenvalue weighted by molar-refractivity contribution is 7.07. The molecule has 4 heteroatoms. The van der Waals surface area contributed by atoms with Crippen molar-refractivity contribution >= 4 is 11.3 Å². The Hall–Kier alpha value is -1.36. The number of thiophene rings is 1. The van der Waals surface area contributed by atoms with Crippen LogP contribution in [0.25, 0.3) is 0 Å². The summed E-state index contributed by atoms with van der Waals surface area (Å²) in [6, 6.07) is 9.87. The third kappa shape index (κ3) is 3.80. The van der Waals surface area contributed by atoms with Gasteiger partial charge in [-0.15, -0.1) is 0 Å². The summed E-state index contributed by atoms with van der Waals surface area (Å²) in [5.41, 5.74) is 2.12. The minimum Gasteiger partial charge on any atom is -0.497 e. The fraction of sp³-hybridized carbons (Fsp3) is 0.333. The van der Waals surface area contributed by atoms with Crippen LogP contribution in [0.15, 0.2) is 41.1 Å². The predicted octanol–water partition coefficient (Wildman–Crippen LogP) is 3.14. The number of nitrogens with one attached hydrogen (secondary N) is 1. The van der Waals surface area contributed by atoms with Gasteiger partial charge >= 0.3 is 0 Å². The van der Waals surface area contributed by atoms with E-state index in [2.05, 4.69) is 29.1 Å². The first-order valence-corrected chi connectivity index (χ1v) is 7.22. The van der Waals surface area contributed by atoms with Crippen LogP contribution in [0.1, 0.15) is 30.2 Å². The first-order valence-electron chi connectivity index (χ1n) is 6.28. The molecular weight excluding hydrogens is 258 g/mol. The maximum absolute atomic E-state index is 10.2. The van der Waals surface area contributed by atoms with Crippen LogP contribution >= 0.6 is 11.3 Å². The number of methoxy groups -OCH3 is 1. The third-order valence-corrected chi connectivity index (χ3v) is 3.84. The van der Waals surface area contributed by atoms with Gasteiger partial charge in [0.05, 0.1) is 13.2 Å². The number of benzene rings is 1. The van der Waals surface area contributed by atoms with Crippen molar-refractivity contribution in [1.29, 1.82) is 0 Å². The Labute approximate surface area is 117 Å². The fourth-order valence-corrected chi connectivity index (χ4v) is 2.65. The summed E-state index contributed by atoms with van der Waals surface area (Å²) < 4.78 is 5.16. The van der Waals surface area contributed by atoms with Crippen molar-refractivity contribution in [2.24, 2.45) is 0 Å². The van der Waals surface area contributed by atoms with E-state index in [0.29, 0.717) is 6.54 Å². The number of rotatable bonds is 6. The van der Waals surface area contributed by atoms with Gasteiger partial charge in [0.15, 0.2) is 0 Å². The van der Waals surface area contributed by atoms with Crippen molar-refractivity contribution in [3.63, 3.8) is 0 Å². The summed E-state index contributed by atoms with van der Waals surface area (Å²) in [7, 11) is 1.63. The predicted molar refractivity (Wildman–Crippen MR) is 78.7 cm³/mol. The fourth-order valence-electron chi connectivity index (χ4n) is 1.89. The van der Waals surface area contributed by atoms with Crippen molar-refractivity contribution in [3.05, 3.63) is 52.2 Å². The molecule has 0 saturated heterocycles. The molecule has 0 aliphatic carbocycles. The Balaban J connectivity index is 1.91. The van der Waals surface area contributed by atoms with Gasteiger partial charge in [0, 0.05) is 12.6 Å². The molecule has 102 valence electrons. The molecule has 1 aromatic heterocycles. The quantitative estimate of drug-likeness (QED) is 0.852. The molecule has 0 radical (unpaired) electrons. The first kappa shape index (κ1) is 14.1. The standard InChI is InChI=1S/C15H19NO2S/c1-11(13-6-7-19-10-13)16-9-15(17)12-4-3-5-14(8-12)18-2/h3-8,10-11,15-17H,9H2,1-2H3. The molecule has 0 fully saturated rings. The number of aliphatic hydroxyl groups excluding tert-OH is 1. The van der Waals surface area contributed by atoms with Gasteiger partial charge in [-0.3, -0.25) is 0 Å². The first-order chi connectivity index (χ1) is 9.20. The highest BCUT2D eigenvalue weighted by Gasteiger charge is 2.11. The van der Waals surface area contributed by atoms with Crippen LogP contribution in [0, 0.1) is 0 Å². The average molecular weight is 277 g/mol. The van der Waals surface area contributed by atoms with E-state index in [9.17, 15) is 5.11 Å². The Morgan fingerprint density at radius 3 is 2.84 bits per heavy atom. The Kier molecular flexibility index (Phi) is 4.96. The lowest BCUT2D eigenvalue weighted by atomic mass is 10.1. The highest BCUT2D eigenvalue weighted by atomic mass is 32.1. The van der Waals surface area contributed by atoms with Crippen LogP contribution in [0.2, 0.25) is 0 Å². The van der Waals surface area contributed by atoms with E-state index in [-0.39, 0.29) is 6.04 Å². The molecule has 0 bridgehead atoms. The van der Waals surface area contributed by atoms with Crippen molar-refractivity contribution in [2.45, 2.75) is 19.1 Å². The molecule has 0 amide bonds. The zero-order valence-corrected chi connectivity index (χ0v) is 12.0. The van der Waals surface area contributed by atoms with Gasteiger partial charge in [-0.25, -0.2) is 0 Å². The van der Waals surface area contributed by atoms with Gasteiger partial charge in [-0.1, -0.05) is 12.1 Å². The van der Waals surface area contributed by atoms with Gasteiger partial charge in [0.25, 0.3) is 0 Å². The summed E-state index contributed by atoms with van der Waals surface area (Å²) in [5, 5.41) is 17.7. The molecule has 0 spiro atoms. The summed E-state index contributed by atoms with van der Waals surface area (Å²) >= 11 is 1.68. The van der Waals surface area contributed by atoms with E-state index in [4.69, 9.17) is 4.74 Å². The Morgan fingerprint density at radius 1 is 1.32 bits per heavy atom. The summed E-state index contributed by atoms with van der Waals surface area (Å²) in [4.78, 5) is 0. The van der Waals surface area contributed by atoms with Gasteiger partial charge < -0.3 is 15.2 Å². The second-order valence-corrected chi connectivity index (χ2v) is 5.26. The second kappa shape index (κ2) is 6.70. The van der Waals surface area contributed by atoms with Gasteiger partial charge in [0.2, 0.25) is 0 Å². The lowest BCUT2D eigenvalue weighted by Gasteiger charge is -2.17. The number of hydrogen-bond acceptors (Lipinski definition) is 4. The molecule has 0 saturated carbocycles. The third-order valence-electron chi connectivity index (χ3n) is 3.14. The maximum atomic E-state index is 10.2. The van der Waals surface area contributed by atoms with E-state index in [1.807, 2.05) is 24.3 Å². The molecule has 2 N–H and O–H groups in total. The molecular formula is C15H19NO2S. The van der Waals surface area contributed by atoms with E-state index in [0.717, 1.165) is 11.3 Å². The monoisotopic (exact) mass is 277 g/mol. The highest BCUT2D eigenvalue weighted by Crippen LogP contribution is 2.20. The van der Waals surface area contributed by atoms with Gasteiger partial charge in [-0.2, -0.15) is 11.3 Å². The van der Waals surface area contributed by atoms with Crippen LogP contribution in [0.3, 0.4) is 0 Å². The molecule has 19 heavy (non-hydrogen) atoms. The Morgan fingerprint density at radius 2 is 2.16 bits per heavy atom. The van der Waals surface area contributed by atoms with Crippen LogP contribution in [-0.2, 0) is 0 Å². The van der Waals surface area contributed by atoms with Crippen molar-refractivity contribution < 1.29 is 9.84 Å². The number of aliphatic hydroxyl groups is 1. The summed E-state index contributed by atoms with van der Waals surface area (Å²) in [6.45, 7) is 2.62. The van der Waals surface area contributed by atoms with E-state index in [1.165, 1.54) is 5.56 Å². The van der Waals surface area contributed by atoms with Crippen LogP contribution < -0.4 is 10.1 Å². The molecule has 3 nitrogen and oxygen atoms in total. The molecule has 2 atom stereocenters. The zero-order chi connectivity index (χ0) is 13.7. The van der Waals surface area contributed by atoms with Crippen LogP contribution in [-0.4, -0.2) is 18.8 Å². The van der Waals surface area contributed by atoms with Crippen molar-refractivity contribution in [3.8, 4) is 5.75 Å². The van der Waals surface area contributed by atoms with E-state index < -0.39 is 6.10 Å². The number of hydrogen-bond donors (Lipinski definition) is 2. The van der Waals surface area contributed by atoms with Crippen molar-refractivity contribution in [1.82, 2.24) is 5.32 Å². The number of ether oxygens (including phenoxy) is 1.